The van der Waals surface area contributed by atoms with Gasteiger partial charge in [0.25, 0.3) is 0 Å². The lowest BCUT2D eigenvalue weighted by Gasteiger charge is -2.42. The van der Waals surface area contributed by atoms with Gasteiger partial charge in [0.15, 0.2) is 0 Å². The number of hydrogen-bond acceptors (Lipinski definition) is 4. The molecule has 1 unspecified atom stereocenters. The fourth-order valence-corrected chi connectivity index (χ4v) is 5.20. The van der Waals surface area contributed by atoms with Crippen LogP contribution in [0.4, 0.5) is 0 Å². The van der Waals surface area contributed by atoms with Crippen LogP contribution in [0.3, 0.4) is 0 Å². The van der Waals surface area contributed by atoms with Gasteiger partial charge in [0, 0.05) is 68.2 Å². The number of piperidine rings is 1. The van der Waals surface area contributed by atoms with Crippen molar-refractivity contribution in [2.24, 2.45) is 5.92 Å². The molecule has 24 heavy (non-hydrogen) atoms. The lowest BCUT2D eigenvalue weighted by molar-refractivity contribution is -0.0554. The van der Waals surface area contributed by atoms with Gasteiger partial charge >= 0.3 is 0 Å². The zero-order valence-corrected chi connectivity index (χ0v) is 17.8. The lowest BCUT2D eigenvalue weighted by Crippen LogP contribution is -2.53. The zero-order chi connectivity index (χ0) is 16.9. The molecule has 5 heteroatoms. The van der Waals surface area contributed by atoms with E-state index < -0.39 is 0 Å². The minimum atomic E-state index is 0.528. The average Bonchev–Trinajstić information content (AvgIpc) is 2.60. The van der Waals surface area contributed by atoms with Crippen molar-refractivity contribution in [1.82, 2.24) is 12.9 Å². The number of hydrogen-bond donors (Lipinski definition) is 0. The Balaban J connectivity index is 1.35. The highest BCUT2D eigenvalue weighted by Crippen LogP contribution is 2.30. The van der Waals surface area contributed by atoms with Crippen LogP contribution in [0.5, 0.6) is 0 Å². The van der Waals surface area contributed by atoms with Crippen molar-refractivity contribution in [1.29, 1.82) is 0 Å². The van der Waals surface area contributed by atoms with Crippen molar-refractivity contribution in [3.05, 3.63) is 0 Å². The molecule has 0 aromatic heterocycles. The van der Waals surface area contributed by atoms with Crippen LogP contribution >= 0.6 is 22.9 Å². The topological polar surface area (TPSA) is 19.0 Å². The molecule has 0 spiro atoms. The highest BCUT2D eigenvalue weighted by molar-refractivity contribution is 14.1. The lowest BCUT2D eigenvalue weighted by atomic mass is 9.86. The Morgan fingerprint density at radius 2 is 1.58 bits per heavy atom. The molecule has 2 saturated heterocycles. The van der Waals surface area contributed by atoms with Crippen LogP contribution in [0, 0.1) is 5.92 Å². The number of halogens is 1. The first-order valence-corrected chi connectivity index (χ1v) is 11.1. The maximum atomic E-state index is 6.42. The highest BCUT2D eigenvalue weighted by atomic mass is 127. The van der Waals surface area contributed by atoms with Gasteiger partial charge in [-0.25, -0.2) is 3.11 Å². The molecule has 0 aromatic rings. The summed E-state index contributed by atoms with van der Waals surface area (Å²) in [6.45, 7) is 13.4. The first-order chi connectivity index (χ1) is 11.6. The highest BCUT2D eigenvalue weighted by Gasteiger charge is 2.29. The summed E-state index contributed by atoms with van der Waals surface area (Å²) in [5, 5.41) is 0. The molecule has 1 aliphatic carbocycles. The molecule has 4 nitrogen and oxygen atoms in total. The van der Waals surface area contributed by atoms with Crippen LogP contribution in [0.2, 0.25) is 0 Å². The quantitative estimate of drug-likeness (QED) is 0.473. The fourth-order valence-electron chi connectivity index (χ4n) is 4.64. The third kappa shape index (κ3) is 5.53. The molecule has 0 amide bonds. The largest absolute Gasteiger partial charge is 0.375 e. The Bertz CT molecular complexity index is 368. The molecule has 1 saturated carbocycles. The van der Waals surface area contributed by atoms with Crippen LogP contribution in [0.1, 0.15) is 52.4 Å². The van der Waals surface area contributed by atoms with E-state index in [2.05, 4.69) is 49.6 Å². The molecule has 0 aromatic carbocycles. The summed E-state index contributed by atoms with van der Waals surface area (Å²) >= 11 is 2.44. The van der Waals surface area contributed by atoms with Gasteiger partial charge in [-0.15, -0.1) is 0 Å². The Morgan fingerprint density at radius 1 is 0.917 bits per heavy atom. The van der Waals surface area contributed by atoms with E-state index in [4.69, 9.17) is 4.74 Å². The van der Waals surface area contributed by atoms with Crippen LogP contribution in [-0.2, 0) is 4.74 Å². The van der Waals surface area contributed by atoms with Crippen molar-refractivity contribution >= 4 is 22.9 Å². The smallest absolute Gasteiger partial charge is 0.0603 e. The summed E-state index contributed by atoms with van der Waals surface area (Å²) in [5.74, 6) is 0.900. The van der Waals surface area contributed by atoms with Gasteiger partial charge < -0.3 is 9.64 Å². The summed E-state index contributed by atoms with van der Waals surface area (Å²) in [6, 6.07) is 0.728. The Hall–Kier alpha value is 0.570. The SMILES string of the molecule is CCN1CCN(CC2CCC(OC3CCN(I)CC3)CC2)C(C)C1. The molecule has 3 rings (SSSR count). The second-order valence-electron chi connectivity index (χ2n) is 8.13. The first-order valence-electron chi connectivity index (χ1n) is 10.2. The van der Waals surface area contributed by atoms with E-state index in [1.54, 1.807) is 0 Å². The van der Waals surface area contributed by atoms with Gasteiger partial charge in [0.05, 0.1) is 12.2 Å². The maximum absolute atomic E-state index is 6.42. The maximum Gasteiger partial charge on any atom is 0.0603 e. The monoisotopic (exact) mass is 449 g/mol. The van der Waals surface area contributed by atoms with Gasteiger partial charge in [-0.1, -0.05) is 6.92 Å². The number of nitrogens with zero attached hydrogens (tertiary/aromatic N) is 3. The van der Waals surface area contributed by atoms with Gasteiger partial charge in [-0.2, -0.15) is 0 Å². The van der Waals surface area contributed by atoms with Crippen molar-refractivity contribution < 1.29 is 4.74 Å². The molecule has 3 fully saturated rings. The summed E-state index contributed by atoms with van der Waals surface area (Å²) in [4.78, 5) is 5.33. The van der Waals surface area contributed by atoms with E-state index in [1.807, 2.05) is 0 Å². The molecular weight excluding hydrogens is 413 g/mol. The van der Waals surface area contributed by atoms with Crippen LogP contribution in [-0.4, -0.2) is 77.0 Å². The average molecular weight is 449 g/mol. The van der Waals surface area contributed by atoms with E-state index in [1.165, 1.54) is 84.3 Å². The van der Waals surface area contributed by atoms with Crippen molar-refractivity contribution in [2.75, 3.05) is 45.8 Å². The molecule has 0 bridgehead atoms. The van der Waals surface area contributed by atoms with Crippen LogP contribution < -0.4 is 0 Å². The van der Waals surface area contributed by atoms with Crippen molar-refractivity contribution in [2.45, 2.75) is 70.6 Å². The molecule has 140 valence electrons. The molecule has 1 atom stereocenters. The summed E-state index contributed by atoms with van der Waals surface area (Å²) in [7, 11) is 0. The van der Waals surface area contributed by atoms with Gasteiger partial charge in [0.1, 0.15) is 0 Å². The Morgan fingerprint density at radius 3 is 2.21 bits per heavy atom. The van der Waals surface area contributed by atoms with Gasteiger partial charge in [-0.05, 0) is 57.9 Å². The Kier molecular flexibility index (Phi) is 7.65. The number of rotatable bonds is 5. The van der Waals surface area contributed by atoms with E-state index in [9.17, 15) is 0 Å². The first kappa shape index (κ1) is 19.3. The molecule has 2 heterocycles. The summed E-state index contributed by atoms with van der Waals surface area (Å²) < 4.78 is 8.82. The Labute approximate surface area is 162 Å². The molecule has 3 aliphatic rings. The summed E-state index contributed by atoms with van der Waals surface area (Å²) in [6.07, 6.45) is 8.84. The van der Waals surface area contributed by atoms with E-state index in [0.29, 0.717) is 12.2 Å². The summed E-state index contributed by atoms with van der Waals surface area (Å²) in [5.41, 5.74) is 0. The van der Waals surface area contributed by atoms with Gasteiger partial charge in [0.2, 0.25) is 0 Å². The fraction of sp³-hybridized carbons (Fsp3) is 1.00. The van der Waals surface area contributed by atoms with Crippen LogP contribution in [0.15, 0.2) is 0 Å². The number of ether oxygens (including phenoxy) is 1. The van der Waals surface area contributed by atoms with E-state index >= 15 is 0 Å². The number of likely N-dealkylation sites (N-methyl/N-ethyl adjacent to an activating group) is 1. The minimum Gasteiger partial charge on any atom is -0.375 e. The zero-order valence-electron chi connectivity index (χ0n) is 15.6. The minimum absolute atomic E-state index is 0.528. The van der Waals surface area contributed by atoms with Crippen molar-refractivity contribution in [3.8, 4) is 0 Å². The second-order valence-corrected chi connectivity index (χ2v) is 9.49. The molecular formula is C19H36IN3O. The van der Waals surface area contributed by atoms with Crippen LogP contribution in [0.25, 0.3) is 0 Å². The normalized spacial score (nSPS) is 35.4. The van der Waals surface area contributed by atoms with E-state index in [-0.39, 0.29) is 0 Å². The standard InChI is InChI=1S/C19H36IN3O/c1-3-21-12-13-22(16(2)14-21)15-17-4-6-18(7-5-17)24-19-8-10-23(20)11-9-19/h16-19H,3-15H2,1-2H3. The third-order valence-corrected chi connectivity index (χ3v) is 7.32. The second kappa shape index (κ2) is 9.49. The molecule has 0 radical (unpaired) electrons. The van der Waals surface area contributed by atoms with Gasteiger partial charge in [-0.3, -0.25) is 4.90 Å². The van der Waals surface area contributed by atoms with Crippen molar-refractivity contribution in [3.63, 3.8) is 0 Å². The number of piperazine rings is 1. The predicted octanol–water partition coefficient (Wildman–Crippen LogP) is 3.40. The van der Waals surface area contributed by atoms with E-state index in [0.717, 1.165) is 12.0 Å². The predicted molar refractivity (Wildman–Crippen MR) is 109 cm³/mol. The molecule has 0 N–H and O–H groups in total. The molecule has 2 aliphatic heterocycles. The third-order valence-electron chi connectivity index (χ3n) is 6.36.